The summed E-state index contributed by atoms with van der Waals surface area (Å²) < 4.78 is 5.71. The van der Waals surface area contributed by atoms with E-state index >= 15 is 0 Å². The number of aromatic nitrogens is 3. The van der Waals surface area contributed by atoms with Crippen molar-refractivity contribution < 1.29 is 4.42 Å². The summed E-state index contributed by atoms with van der Waals surface area (Å²) in [6.07, 6.45) is 3.51. The van der Waals surface area contributed by atoms with Crippen LogP contribution in [0.2, 0.25) is 0 Å². The molecule has 1 atom stereocenters. The number of H-pyrrole nitrogens is 1. The number of hydrogen-bond acceptors (Lipinski definition) is 4. The largest absolute Gasteiger partial charge is 0.440 e. The molecular weight excluding hydrogens is 252 g/mol. The molecule has 104 valence electrons. The molecule has 0 bridgehead atoms. The maximum atomic E-state index is 5.71. The monoisotopic (exact) mass is 270 g/mol. The van der Waals surface area contributed by atoms with Crippen LogP contribution >= 0.6 is 0 Å². The Balaban J connectivity index is 1.85. The molecule has 0 spiro atoms. The second kappa shape index (κ2) is 5.00. The summed E-state index contributed by atoms with van der Waals surface area (Å²) >= 11 is 0. The number of anilines is 1. The first-order valence-corrected chi connectivity index (χ1v) is 6.79. The first-order valence-electron chi connectivity index (χ1n) is 6.79. The minimum Gasteiger partial charge on any atom is -0.440 e. The summed E-state index contributed by atoms with van der Waals surface area (Å²) in [5.41, 5.74) is 3.78. The van der Waals surface area contributed by atoms with Gasteiger partial charge < -0.3 is 14.7 Å². The highest BCUT2D eigenvalue weighted by molar-refractivity contribution is 5.77. The van der Waals surface area contributed by atoms with Gasteiger partial charge in [-0.25, -0.2) is 9.97 Å². The number of rotatable bonds is 4. The van der Waals surface area contributed by atoms with Crippen LogP contribution in [0.1, 0.15) is 44.3 Å². The van der Waals surface area contributed by atoms with Gasteiger partial charge in [0, 0.05) is 17.8 Å². The van der Waals surface area contributed by atoms with Crippen molar-refractivity contribution in [1.82, 2.24) is 15.0 Å². The Morgan fingerprint density at radius 3 is 2.80 bits per heavy atom. The van der Waals surface area contributed by atoms with Gasteiger partial charge in [-0.1, -0.05) is 13.8 Å². The summed E-state index contributed by atoms with van der Waals surface area (Å²) in [7, 11) is 0. The summed E-state index contributed by atoms with van der Waals surface area (Å²) in [6, 6.07) is 6.13. The lowest BCUT2D eigenvalue weighted by Gasteiger charge is -2.13. The molecule has 2 heterocycles. The second-order valence-corrected chi connectivity index (χ2v) is 5.26. The lowest BCUT2D eigenvalue weighted by atomic mass is 10.2. The van der Waals surface area contributed by atoms with Gasteiger partial charge in [0.1, 0.15) is 5.52 Å². The molecule has 2 aromatic heterocycles. The molecule has 5 nitrogen and oxygen atoms in total. The van der Waals surface area contributed by atoms with E-state index in [-0.39, 0.29) is 6.04 Å². The van der Waals surface area contributed by atoms with E-state index in [1.165, 1.54) is 0 Å². The second-order valence-electron chi connectivity index (χ2n) is 5.26. The zero-order valence-electron chi connectivity index (χ0n) is 11.8. The number of fused-ring (bicyclic) bond motifs is 1. The fraction of sp³-hybridized carbons (Fsp3) is 0.333. The Hall–Kier alpha value is -2.30. The lowest BCUT2D eigenvalue weighted by Crippen LogP contribution is -2.06. The number of imidazole rings is 1. The normalized spacial score (nSPS) is 13.0. The van der Waals surface area contributed by atoms with Crippen LogP contribution in [-0.2, 0) is 0 Å². The van der Waals surface area contributed by atoms with Gasteiger partial charge in [0.2, 0.25) is 0 Å². The SMILES string of the molecule is CC(C)c1nc2cc(NC(C)c3cnc[nH]3)ccc2o1. The third-order valence-corrected chi connectivity index (χ3v) is 3.27. The molecule has 0 radical (unpaired) electrons. The molecule has 0 aliphatic carbocycles. The number of benzene rings is 1. The highest BCUT2D eigenvalue weighted by atomic mass is 16.3. The van der Waals surface area contributed by atoms with Crippen LogP contribution in [0.4, 0.5) is 5.69 Å². The molecule has 0 amide bonds. The predicted octanol–water partition coefficient (Wildman–Crippen LogP) is 3.85. The summed E-state index contributed by atoms with van der Waals surface area (Å²) in [5.74, 6) is 1.07. The molecule has 3 rings (SSSR count). The predicted molar refractivity (Wildman–Crippen MR) is 78.7 cm³/mol. The van der Waals surface area contributed by atoms with Crippen LogP contribution < -0.4 is 5.32 Å². The molecule has 1 aromatic carbocycles. The van der Waals surface area contributed by atoms with Crippen molar-refractivity contribution in [2.24, 2.45) is 0 Å². The Labute approximate surface area is 117 Å². The minimum atomic E-state index is 0.159. The van der Waals surface area contributed by atoms with Gasteiger partial charge in [0.25, 0.3) is 0 Å². The van der Waals surface area contributed by atoms with E-state index in [0.29, 0.717) is 5.92 Å². The van der Waals surface area contributed by atoms with Crippen molar-refractivity contribution >= 4 is 16.8 Å². The van der Waals surface area contributed by atoms with Gasteiger partial charge in [-0.05, 0) is 25.1 Å². The fourth-order valence-corrected chi connectivity index (χ4v) is 2.11. The van der Waals surface area contributed by atoms with E-state index in [9.17, 15) is 0 Å². The molecule has 0 saturated heterocycles. The van der Waals surface area contributed by atoms with Crippen LogP contribution in [0.3, 0.4) is 0 Å². The van der Waals surface area contributed by atoms with Gasteiger partial charge >= 0.3 is 0 Å². The highest BCUT2D eigenvalue weighted by Crippen LogP contribution is 2.25. The van der Waals surface area contributed by atoms with Crippen LogP contribution in [-0.4, -0.2) is 15.0 Å². The van der Waals surface area contributed by atoms with Gasteiger partial charge in [-0.3, -0.25) is 0 Å². The summed E-state index contributed by atoms with van der Waals surface area (Å²) in [4.78, 5) is 11.7. The van der Waals surface area contributed by atoms with Crippen molar-refractivity contribution in [3.63, 3.8) is 0 Å². The Bertz CT molecular complexity index is 700. The van der Waals surface area contributed by atoms with Crippen LogP contribution in [0, 0.1) is 0 Å². The van der Waals surface area contributed by atoms with Crippen molar-refractivity contribution in [1.29, 1.82) is 0 Å². The third kappa shape index (κ3) is 2.39. The third-order valence-electron chi connectivity index (χ3n) is 3.27. The minimum absolute atomic E-state index is 0.159. The molecule has 5 heteroatoms. The fourth-order valence-electron chi connectivity index (χ4n) is 2.11. The first kappa shape index (κ1) is 12.7. The summed E-state index contributed by atoms with van der Waals surface area (Å²) in [5, 5.41) is 3.42. The average Bonchev–Trinajstić information content (AvgIpc) is 3.07. The molecule has 0 fully saturated rings. The lowest BCUT2D eigenvalue weighted by molar-refractivity contribution is 0.501. The van der Waals surface area contributed by atoms with E-state index < -0.39 is 0 Å². The number of aromatic amines is 1. The van der Waals surface area contributed by atoms with E-state index in [1.54, 1.807) is 6.33 Å². The average molecular weight is 270 g/mol. The maximum absolute atomic E-state index is 5.71. The number of nitrogens with zero attached hydrogens (tertiary/aromatic N) is 2. The van der Waals surface area contributed by atoms with Crippen molar-refractivity contribution in [2.45, 2.75) is 32.7 Å². The summed E-state index contributed by atoms with van der Waals surface area (Å²) in [6.45, 7) is 6.23. The Morgan fingerprint density at radius 2 is 2.10 bits per heavy atom. The molecule has 20 heavy (non-hydrogen) atoms. The van der Waals surface area contributed by atoms with Crippen molar-refractivity contribution in [3.8, 4) is 0 Å². The maximum Gasteiger partial charge on any atom is 0.198 e. The Morgan fingerprint density at radius 1 is 1.25 bits per heavy atom. The van der Waals surface area contributed by atoms with Gasteiger partial charge in [0.05, 0.1) is 18.1 Å². The van der Waals surface area contributed by atoms with E-state index in [2.05, 4.69) is 41.0 Å². The molecule has 2 N–H and O–H groups in total. The number of nitrogens with one attached hydrogen (secondary N) is 2. The van der Waals surface area contributed by atoms with Gasteiger partial charge in [0.15, 0.2) is 11.5 Å². The highest BCUT2D eigenvalue weighted by Gasteiger charge is 2.11. The zero-order chi connectivity index (χ0) is 14.1. The zero-order valence-corrected chi connectivity index (χ0v) is 11.8. The van der Waals surface area contributed by atoms with Crippen LogP contribution in [0.15, 0.2) is 35.1 Å². The first-order chi connectivity index (χ1) is 9.63. The van der Waals surface area contributed by atoms with Crippen LogP contribution in [0.25, 0.3) is 11.1 Å². The van der Waals surface area contributed by atoms with Gasteiger partial charge in [-0.15, -0.1) is 0 Å². The quantitative estimate of drug-likeness (QED) is 0.755. The molecular formula is C15H18N4O. The molecule has 3 aromatic rings. The van der Waals surface area contributed by atoms with Gasteiger partial charge in [-0.2, -0.15) is 0 Å². The molecule has 0 aliphatic heterocycles. The van der Waals surface area contributed by atoms with E-state index in [1.807, 2.05) is 24.4 Å². The van der Waals surface area contributed by atoms with Crippen molar-refractivity contribution in [3.05, 3.63) is 42.3 Å². The number of oxazole rings is 1. The smallest absolute Gasteiger partial charge is 0.198 e. The molecule has 0 aliphatic rings. The van der Waals surface area contributed by atoms with E-state index in [0.717, 1.165) is 28.4 Å². The van der Waals surface area contributed by atoms with E-state index in [4.69, 9.17) is 4.42 Å². The standard InChI is InChI=1S/C15H18N4O/c1-9(2)15-19-12-6-11(4-5-14(12)20-15)18-10(3)13-7-16-8-17-13/h4-10,18H,1-3H3,(H,16,17). The van der Waals surface area contributed by atoms with Crippen molar-refractivity contribution in [2.75, 3.05) is 5.32 Å². The van der Waals surface area contributed by atoms with Crippen LogP contribution in [0.5, 0.6) is 0 Å². The molecule has 1 unspecified atom stereocenters. The number of hydrogen-bond donors (Lipinski definition) is 2. The topological polar surface area (TPSA) is 66.7 Å². The Kier molecular flexibility index (Phi) is 3.18. The molecule has 0 saturated carbocycles.